The van der Waals surface area contributed by atoms with Crippen LogP contribution >= 0.6 is 0 Å². The van der Waals surface area contributed by atoms with E-state index in [2.05, 4.69) is 17.3 Å². The highest BCUT2D eigenvalue weighted by Crippen LogP contribution is 2.14. The summed E-state index contributed by atoms with van der Waals surface area (Å²) in [4.78, 5) is 13.7. The number of primary amides is 1. The molecular weight excluding hydrogens is 238 g/mol. The maximum atomic E-state index is 11.3. The molecule has 0 spiro atoms. The smallest absolute Gasteiger partial charge is 0.249 e. The summed E-state index contributed by atoms with van der Waals surface area (Å²) in [5.74, 6) is 0.356. The zero-order valence-corrected chi connectivity index (χ0v) is 11.6. The molecule has 1 saturated heterocycles. The Labute approximate surface area is 115 Å². The van der Waals surface area contributed by atoms with Crippen molar-refractivity contribution in [2.45, 2.75) is 19.4 Å². The van der Waals surface area contributed by atoms with Gasteiger partial charge in [-0.2, -0.15) is 0 Å². The van der Waals surface area contributed by atoms with Crippen molar-refractivity contribution in [3.63, 3.8) is 0 Å². The van der Waals surface area contributed by atoms with Gasteiger partial charge < -0.3 is 16.0 Å². The molecule has 3 N–H and O–H groups in total. The summed E-state index contributed by atoms with van der Waals surface area (Å²) in [6, 6.07) is 7.53. The third-order valence-corrected chi connectivity index (χ3v) is 3.75. The summed E-state index contributed by atoms with van der Waals surface area (Å²) < 4.78 is 0. The molecule has 4 heteroatoms. The Morgan fingerprint density at radius 1 is 1.47 bits per heavy atom. The van der Waals surface area contributed by atoms with Gasteiger partial charge in [0.15, 0.2) is 0 Å². The molecule has 0 aliphatic carbocycles. The van der Waals surface area contributed by atoms with Crippen molar-refractivity contribution in [2.24, 2.45) is 11.7 Å². The predicted octanol–water partition coefficient (Wildman–Crippen LogP) is 1.22. The van der Waals surface area contributed by atoms with Crippen molar-refractivity contribution in [1.82, 2.24) is 10.2 Å². The lowest BCUT2D eigenvalue weighted by Crippen LogP contribution is -2.37. The molecule has 1 heterocycles. The number of nitrogens with two attached hydrogens (primary N) is 1. The number of carbonyl (C=O) groups excluding carboxylic acids is 1. The average molecular weight is 261 g/mol. The average Bonchev–Trinajstić information content (AvgIpc) is 2.39. The van der Waals surface area contributed by atoms with Crippen molar-refractivity contribution >= 4 is 5.91 Å². The first kappa shape index (κ1) is 14.0. The fraction of sp³-hybridized carbons (Fsp3) is 0.533. The van der Waals surface area contributed by atoms with Crippen molar-refractivity contribution in [2.75, 3.05) is 26.7 Å². The van der Waals surface area contributed by atoms with E-state index < -0.39 is 0 Å². The molecule has 1 aromatic rings. The molecular formula is C15H23N3O. The van der Waals surface area contributed by atoms with E-state index in [1.54, 1.807) is 6.07 Å². The summed E-state index contributed by atoms with van der Waals surface area (Å²) in [5, 5.41) is 3.45. The Bertz CT molecular complexity index is 433. The molecule has 1 aliphatic heterocycles. The first-order chi connectivity index (χ1) is 9.16. The number of nitrogens with zero attached hydrogens (tertiary/aromatic N) is 1. The van der Waals surface area contributed by atoms with Crippen LogP contribution in [0.2, 0.25) is 0 Å². The first-order valence-electron chi connectivity index (χ1n) is 6.94. The molecule has 0 radical (unpaired) electrons. The zero-order chi connectivity index (χ0) is 13.7. The lowest BCUT2D eigenvalue weighted by Gasteiger charge is -2.29. The van der Waals surface area contributed by atoms with E-state index >= 15 is 0 Å². The van der Waals surface area contributed by atoms with Gasteiger partial charge in [-0.15, -0.1) is 0 Å². The van der Waals surface area contributed by atoms with Crippen LogP contribution in [0.15, 0.2) is 24.3 Å². The molecule has 4 nitrogen and oxygen atoms in total. The van der Waals surface area contributed by atoms with Gasteiger partial charge in [0.2, 0.25) is 5.91 Å². The Kier molecular flexibility index (Phi) is 4.93. The van der Waals surface area contributed by atoms with E-state index in [1.165, 1.54) is 19.4 Å². The van der Waals surface area contributed by atoms with Gasteiger partial charge in [0.25, 0.3) is 0 Å². The van der Waals surface area contributed by atoms with Gasteiger partial charge in [-0.05, 0) is 50.5 Å². The zero-order valence-electron chi connectivity index (χ0n) is 11.6. The second-order valence-electron chi connectivity index (χ2n) is 5.42. The summed E-state index contributed by atoms with van der Waals surface area (Å²) in [5.41, 5.74) is 6.98. The van der Waals surface area contributed by atoms with Crippen LogP contribution in [0.1, 0.15) is 28.8 Å². The highest BCUT2D eigenvalue weighted by molar-refractivity contribution is 5.94. The van der Waals surface area contributed by atoms with Gasteiger partial charge in [-0.3, -0.25) is 4.79 Å². The van der Waals surface area contributed by atoms with Crippen LogP contribution in [-0.2, 0) is 6.54 Å². The molecule has 0 bridgehead atoms. The van der Waals surface area contributed by atoms with E-state index in [4.69, 9.17) is 5.73 Å². The lowest BCUT2D eigenvalue weighted by molar-refractivity contribution is 0.0999. The molecule has 1 aromatic carbocycles. The summed E-state index contributed by atoms with van der Waals surface area (Å²) in [6.45, 7) is 4.07. The monoisotopic (exact) mass is 261 g/mol. The molecule has 1 fully saturated rings. The number of amides is 1. The standard InChI is InChI=1S/C15H23N3O/c1-18-8-4-5-12(11-18)9-17-10-13-6-2-3-7-14(13)15(16)19/h2-3,6-7,12,17H,4-5,8-11H2,1H3,(H2,16,19). The van der Waals surface area contributed by atoms with Gasteiger partial charge in [-0.25, -0.2) is 0 Å². The topological polar surface area (TPSA) is 58.4 Å². The van der Waals surface area contributed by atoms with Gasteiger partial charge in [0.05, 0.1) is 0 Å². The third kappa shape index (κ3) is 4.04. The minimum atomic E-state index is -0.352. The number of nitrogens with one attached hydrogen (secondary N) is 1. The van der Waals surface area contributed by atoms with Crippen molar-refractivity contribution in [1.29, 1.82) is 0 Å². The maximum Gasteiger partial charge on any atom is 0.249 e. The van der Waals surface area contributed by atoms with E-state index in [1.807, 2.05) is 18.2 Å². The second kappa shape index (κ2) is 6.68. The van der Waals surface area contributed by atoms with Crippen LogP contribution in [0.3, 0.4) is 0 Å². The van der Waals surface area contributed by atoms with Gasteiger partial charge in [0.1, 0.15) is 0 Å². The van der Waals surface area contributed by atoms with E-state index in [0.29, 0.717) is 18.0 Å². The number of benzene rings is 1. The quantitative estimate of drug-likeness (QED) is 0.838. The van der Waals surface area contributed by atoms with Crippen molar-refractivity contribution in [3.8, 4) is 0 Å². The Balaban J connectivity index is 1.84. The van der Waals surface area contributed by atoms with E-state index in [9.17, 15) is 4.79 Å². The number of rotatable bonds is 5. The molecule has 2 rings (SSSR count). The largest absolute Gasteiger partial charge is 0.366 e. The number of hydrogen-bond acceptors (Lipinski definition) is 3. The van der Waals surface area contributed by atoms with Crippen LogP contribution in [0.4, 0.5) is 0 Å². The summed E-state index contributed by atoms with van der Waals surface area (Å²) >= 11 is 0. The minimum absolute atomic E-state index is 0.352. The van der Waals surface area contributed by atoms with Crippen molar-refractivity contribution in [3.05, 3.63) is 35.4 Å². The third-order valence-electron chi connectivity index (χ3n) is 3.75. The lowest BCUT2D eigenvalue weighted by atomic mass is 9.98. The number of likely N-dealkylation sites (tertiary alicyclic amines) is 1. The van der Waals surface area contributed by atoms with Gasteiger partial charge in [0, 0.05) is 18.7 Å². The number of carbonyl (C=O) groups is 1. The van der Waals surface area contributed by atoms with Crippen LogP contribution in [-0.4, -0.2) is 37.5 Å². The van der Waals surface area contributed by atoms with Crippen LogP contribution in [0.25, 0.3) is 0 Å². The molecule has 0 saturated carbocycles. The van der Waals surface area contributed by atoms with Crippen LogP contribution in [0, 0.1) is 5.92 Å². The fourth-order valence-corrected chi connectivity index (χ4v) is 2.77. The fourth-order valence-electron chi connectivity index (χ4n) is 2.77. The molecule has 1 aliphatic rings. The Morgan fingerprint density at radius 2 is 2.26 bits per heavy atom. The molecule has 1 amide bonds. The normalized spacial score (nSPS) is 20.4. The van der Waals surface area contributed by atoms with Gasteiger partial charge in [-0.1, -0.05) is 18.2 Å². The van der Waals surface area contributed by atoms with Crippen LogP contribution in [0.5, 0.6) is 0 Å². The molecule has 1 unspecified atom stereocenters. The molecule has 0 aromatic heterocycles. The van der Waals surface area contributed by atoms with Gasteiger partial charge >= 0.3 is 0 Å². The number of hydrogen-bond donors (Lipinski definition) is 2. The molecule has 19 heavy (non-hydrogen) atoms. The van der Waals surface area contributed by atoms with Crippen LogP contribution < -0.4 is 11.1 Å². The summed E-state index contributed by atoms with van der Waals surface area (Å²) in [7, 11) is 2.18. The highest BCUT2D eigenvalue weighted by atomic mass is 16.1. The van der Waals surface area contributed by atoms with E-state index in [-0.39, 0.29) is 5.91 Å². The minimum Gasteiger partial charge on any atom is -0.366 e. The predicted molar refractivity (Wildman–Crippen MR) is 76.9 cm³/mol. The molecule has 1 atom stereocenters. The van der Waals surface area contributed by atoms with Crippen molar-refractivity contribution < 1.29 is 4.79 Å². The summed E-state index contributed by atoms with van der Waals surface area (Å²) in [6.07, 6.45) is 2.57. The second-order valence-corrected chi connectivity index (χ2v) is 5.42. The van der Waals surface area contributed by atoms with E-state index in [0.717, 1.165) is 18.7 Å². The first-order valence-corrected chi connectivity index (χ1v) is 6.94. The SMILES string of the molecule is CN1CCCC(CNCc2ccccc2C(N)=O)C1. The Morgan fingerprint density at radius 3 is 3.00 bits per heavy atom. The maximum absolute atomic E-state index is 11.3. The highest BCUT2D eigenvalue weighted by Gasteiger charge is 2.16. The number of piperidine rings is 1. The Hall–Kier alpha value is -1.39. The molecule has 104 valence electrons.